The van der Waals surface area contributed by atoms with E-state index in [1.54, 1.807) is 11.3 Å². The van der Waals surface area contributed by atoms with Crippen LogP contribution in [-0.2, 0) is 0 Å². The zero-order valence-corrected chi connectivity index (χ0v) is 13.5. The number of hydrogen-bond acceptors (Lipinski definition) is 3. The van der Waals surface area contributed by atoms with Crippen molar-refractivity contribution in [2.75, 3.05) is 0 Å². The predicted octanol–water partition coefficient (Wildman–Crippen LogP) is 4.33. The fourth-order valence-corrected chi connectivity index (χ4v) is 3.07. The van der Waals surface area contributed by atoms with Crippen LogP contribution < -0.4 is 5.73 Å². The van der Waals surface area contributed by atoms with Crippen molar-refractivity contribution in [3.05, 3.63) is 48.3 Å². The van der Waals surface area contributed by atoms with Gasteiger partial charge in [0.2, 0.25) is 0 Å². The molecule has 2 rings (SSSR count). The molecule has 0 saturated heterocycles. The van der Waals surface area contributed by atoms with E-state index in [0.717, 1.165) is 25.2 Å². The van der Waals surface area contributed by atoms with E-state index in [-0.39, 0.29) is 6.04 Å². The van der Waals surface area contributed by atoms with Gasteiger partial charge >= 0.3 is 0 Å². The monoisotopic (exact) mass is 374 g/mol. The fraction of sp³-hybridized carbons (Fsp3) is 0.250. The summed E-state index contributed by atoms with van der Waals surface area (Å²) in [7, 11) is 0. The Morgan fingerprint density at radius 1 is 1.24 bits per heavy atom. The smallest absolute Gasteiger partial charge is 0.114 e. The molecule has 5 heteroatoms. The van der Waals surface area contributed by atoms with Crippen LogP contribution in [0.25, 0.3) is 0 Å². The SMILES string of the molecule is Cc1nc(C(N)c2ccc(Br)c(Br)c2)sc1C. The molecule has 2 aromatic rings. The molecule has 0 spiro atoms. The summed E-state index contributed by atoms with van der Waals surface area (Å²) in [5, 5.41) is 0.967. The maximum absolute atomic E-state index is 6.23. The van der Waals surface area contributed by atoms with Crippen LogP contribution >= 0.6 is 43.2 Å². The van der Waals surface area contributed by atoms with Gasteiger partial charge in [0.15, 0.2) is 0 Å². The Labute approximate surface area is 122 Å². The van der Waals surface area contributed by atoms with E-state index in [2.05, 4.69) is 43.8 Å². The first-order valence-electron chi connectivity index (χ1n) is 5.13. The molecule has 1 heterocycles. The van der Waals surface area contributed by atoms with Crippen molar-refractivity contribution in [1.29, 1.82) is 0 Å². The van der Waals surface area contributed by atoms with Gasteiger partial charge in [-0.2, -0.15) is 0 Å². The van der Waals surface area contributed by atoms with E-state index < -0.39 is 0 Å². The van der Waals surface area contributed by atoms with Gasteiger partial charge in [0.05, 0.1) is 11.7 Å². The van der Waals surface area contributed by atoms with Gasteiger partial charge in [-0.1, -0.05) is 6.07 Å². The number of rotatable bonds is 2. The summed E-state index contributed by atoms with van der Waals surface area (Å²) >= 11 is 8.60. The van der Waals surface area contributed by atoms with Crippen LogP contribution in [0.4, 0.5) is 0 Å². The van der Waals surface area contributed by atoms with Gasteiger partial charge in [0.25, 0.3) is 0 Å². The van der Waals surface area contributed by atoms with Crippen LogP contribution in [0, 0.1) is 13.8 Å². The molecule has 0 bridgehead atoms. The summed E-state index contributed by atoms with van der Waals surface area (Å²) in [5.41, 5.74) is 8.36. The zero-order valence-electron chi connectivity index (χ0n) is 9.50. The highest BCUT2D eigenvalue weighted by Crippen LogP contribution is 2.30. The molecule has 0 aliphatic heterocycles. The number of benzene rings is 1. The van der Waals surface area contributed by atoms with Crippen LogP contribution in [0.1, 0.15) is 27.2 Å². The normalized spacial score (nSPS) is 12.8. The molecule has 0 fully saturated rings. The Kier molecular flexibility index (Phi) is 4.02. The lowest BCUT2D eigenvalue weighted by Gasteiger charge is -2.10. The number of hydrogen-bond donors (Lipinski definition) is 1. The number of thiazole rings is 1. The Morgan fingerprint density at radius 2 is 1.94 bits per heavy atom. The van der Waals surface area contributed by atoms with Gasteiger partial charge in [-0.25, -0.2) is 4.98 Å². The second-order valence-electron chi connectivity index (χ2n) is 3.84. The standard InChI is InChI=1S/C12H12Br2N2S/c1-6-7(2)17-12(16-6)11(15)8-3-4-9(13)10(14)5-8/h3-5,11H,15H2,1-2H3. The van der Waals surface area contributed by atoms with Gasteiger partial charge in [0.1, 0.15) is 5.01 Å². The quantitative estimate of drug-likeness (QED) is 0.848. The minimum atomic E-state index is -0.156. The third-order valence-corrected chi connectivity index (χ3v) is 5.65. The van der Waals surface area contributed by atoms with E-state index in [1.165, 1.54) is 4.88 Å². The van der Waals surface area contributed by atoms with Gasteiger partial charge in [0, 0.05) is 13.8 Å². The number of aromatic nitrogens is 1. The molecule has 1 aromatic heterocycles. The first-order chi connectivity index (χ1) is 7.99. The molecule has 1 unspecified atom stereocenters. The maximum Gasteiger partial charge on any atom is 0.114 e. The molecule has 17 heavy (non-hydrogen) atoms. The lowest BCUT2D eigenvalue weighted by molar-refractivity contribution is 0.851. The van der Waals surface area contributed by atoms with Gasteiger partial charge in [-0.15, -0.1) is 11.3 Å². The topological polar surface area (TPSA) is 38.9 Å². The van der Waals surface area contributed by atoms with E-state index in [1.807, 2.05) is 25.1 Å². The largest absolute Gasteiger partial charge is 0.318 e. The van der Waals surface area contributed by atoms with Crippen LogP contribution in [0.5, 0.6) is 0 Å². The Morgan fingerprint density at radius 3 is 2.47 bits per heavy atom. The fourth-order valence-electron chi connectivity index (χ4n) is 1.48. The second kappa shape index (κ2) is 5.18. The van der Waals surface area contributed by atoms with Crippen LogP contribution in [0.3, 0.4) is 0 Å². The maximum atomic E-state index is 6.23. The molecular weight excluding hydrogens is 364 g/mol. The molecule has 2 nitrogen and oxygen atoms in total. The molecular formula is C12H12Br2N2S. The second-order valence-corrected chi connectivity index (χ2v) is 6.79. The highest BCUT2D eigenvalue weighted by atomic mass is 79.9. The number of nitrogens with two attached hydrogens (primary N) is 1. The third-order valence-electron chi connectivity index (χ3n) is 2.61. The molecule has 2 N–H and O–H groups in total. The third kappa shape index (κ3) is 2.78. The molecule has 0 saturated carbocycles. The van der Waals surface area contributed by atoms with Crippen LogP contribution in [0.2, 0.25) is 0 Å². The Hall–Kier alpha value is -0.230. The van der Waals surface area contributed by atoms with Crippen molar-refractivity contribution in [3.63, 3.8) is 0 Å². The van der Waals surface area contributed by atoms with Crippen molar-refractivity contribution in [1.82, 2.24) is 4.98 Å². The molecule has 0 aliphatic carbocycles. The first kappa shape index (κ1) is 13.2. The highest BCUT2D eigenvalue weighted by molar-refractivity contribution is 9.13. The summed E-state index contributed by atoms with van der Waals surface area (Å²) < 4.78 is 2.04. The average molecular weight is 376 g/mol. The highest BCUT2D eigenvalue weighted by Gasteiger charge is 2.15. The van der Waals surface area contributed by atoms with Gasteiger partial charge in [-0.05, 0) is 63.4 Å². The summed E-state index contributed by atoms with van der Waals surface area (Å²) in [6.07, 6.45) is 0. The van der Waals surface area contributed by atoms with Gasteiger partial charge in [-0.3, -0.25) is 0 Å². The zero-order chi connectivity index (χ0) is 12.6. The summed E-state index contributed by atoms with van der Waals surface area (Å²) in [6, 6.07) is 5.88. The molecule has 0 radical (unpaired) electrons. The van der Waals surface area contributed by atoms with Crippen LogP contribution in [0.15, 0.2) is 27.1 Å². The molecule has 1 atom stereocenters. The lowest BCUT2D eigenvalue weighted by Crippen LogP contribution is -2.11. The van der Waals surface area contributed by atoms with Gasteiger partial charge < -0.3 is 5.73 Å². The number of halogens is 2. The van der Waals surface area contributed by atoms with E-state index in [9.17, 15) is 0 Å². The minimum Gasteiger partial charge on any atom is -0.318 e. The Bertz CT molecular complexity index is 532. The van der Waals surface area contributed by atoms with E-state index >= 15 is 0 Å². The number of nitrogens with zero attached hydrogens (tertiary/aromatic N) is 1. The molecule has 1 aromatic carbocycles. The van der Waals surface area contributed by atoms with Crippen molar-refractivity contribution < 1.29 is 0 Å². The summed E-state index contributed by atoms with van der Waals surface area (Å²) in [5.74, 6) is 0. The van der Waals surface area contributed by atoms with Crippen molar-refractivity contribution in [3.8, 4) is 0 Å². The first-order valence-corrected chi connectivity index (χ1v) is 7.53. The lowest BCUT2D eigenvalue weighted by atomic mass is 10.1. The van der Waals surface area contributed by atoms with Crippen molar-refractivity contribution in [2.24, 2.45) is 5.73 Å². The minimum absolute atomic E-state index is 0.156. The number of aryl methyl sites for hydroxylation is 2. The van der Waals surface area contributed by atoms with Crippen molar-refractivity contribution in [2.45, 2.75) is 19.9 Å². The molecule has 90 valence electrons. The Balaban J connectivity index is 2.36. The predicted molar refractivity (Wildman–Crippen MR) is 79.5 cm³/mol. The summed E-state index contributed by atoms with van der Waals surface area (Å²) in [6.45, 7) is 4.08. The molecule has 0 amide bonds. The van der Waals surface area contributed by atoms with Crippen LogP contribution in [-0.4, -0.2) is 4.98 Å². The van der Waals surface area contributed by atoms with E-state index in [0.29, 0.717) is 0 Å². The van der Waals surface area contributed by atoms with E-state index in [4.69, 9.17) is 5.73 Å². The van der Waals surface area contributed by atoms with Crippen molar-refractivity contribution >= 4 is 43.2 Å². The average Bonchev–Trinajstić information content (AvgIpc) is 2.62. The summed E-state index contributed by atoms with van der Waals surface area (Å²) in [4.78, 5) is 5.73. The molecule has 0 aliphatic rings.